The number of benzene rings is 2. The van der Waals surface area contributed by atoms with Gasteiger partial charge < -0.3 is 15.4 Å². The van der Waals surface area contributed by atoms with Gasteiger partial charge in [-0.05, 0) is 46.3 Å². The van der Waals surface area contributed by atoms with Crippen molar-refractivity contribution in [2.45, 2.75) is 0 Å². The Morgan fingerprint density at radius 1 is 1.07 bits per heavy atom. The average molecular weight is 467 g/mol. The summed E-state index contributed by atoms with van der Waals surface area (Å²) in [6.45, 7) is 0.0590. The van der Waals surface area contributed by atoms with E-state index < -0.39 is 0 Å². The van der Waals surface area contributed by atoms with Crippen LogP contribution in [0.4, 0.5) is 11.4 Å². The first-order valence-electron chi connectivity index (χ1n) is 7.89. The highest BCUT2D eigenvalue weighted by Crippen LogP contribution is 2.33. The summed E-state index contributed by atoms with van der Waals surface area (Å²) in [6.07, 6.45) is 1.45. The topological polar surface area (TPSA) is 63.2 Å². The summed E-state index contributed by atoms with van der Waals surface area (Å²) < 4.78 is 6.57. The maximum atomic E-state index is 12.2. The summed E-state index contributed by atoms with van der Waals surface area (Å²) >= 11 is 15.4. The number of rotatable bonds is 6. The van der Waals surface area contributed by atoms with Gasteiger partial charge >= 0.3 is 0 Å². The predicted octanol–water partition coefficient (Wildman–Crippen LogP) is 5.99. The first kappa shape index (κ1) is 19.5. The molecule has 8 heteroatoms. The normalized spacial score (nSPS) is 10.3. The zero-order valence-electron chi connectivity index (χ0n) is 13.9. The Kier molecular flexibility index (Phi) is 6.55. The summed E-state index contributed by atoms with van der Waals surface area (Å²) in [6, 6.07) is 16.1. The number of para-hydroxylation sites is 3. The average Bonchev–Trinajstić information content (AvgIpc) is 2.65. The maximum absolute atomic E-state index is 12.2. The highest BCUT2D eigenvalue weighted by Gasteiger charge is 2.11. The van der Waals surface area contributed by atoms with E-state index in [1.165, 1.54) is 6.20 Å². The van der Waals surface area contributed by atoms with Crippen LogP contribution in [0.1, 0.15) is 0 Å². The zero-order valence-corrected chi connectivity index (χ0v) is 17.0. The van der Waals surface area contributed by atoms with E-state index in [1.807, 2.05) is 36.4 Å². The Balaban J connectivity index is 1.67. The molecule has 0 atom stereocenters. The molecule has 1 heterocycles. The van der Waals surface area contributed by atoms with Crippen molar-refractivity contribution in [3.63, 3.8) is 0 Å². The van der Waals surface area contributed by atoms with Crippen molar-refractivity contribution in [1.82, 2.24) is 4.98 Å². The van der Waals surface area contributed by atoms with Crippen LogP contribution in [0, 0.1) is 0 Å². The van der Waals surface area contributed by atoms with E-state index in [2.05, 4.69) is 31.5 Å². The van der Waals surface area contributed by atoms with Crippen molar-refractivity contribution in [1.29, 1.82) is 0 Å². The van der Waals surface area contributed by atoms with Gasteiger partial charge in [0.15, 0.2) is 5.75 Å². The molecule has 0 saturated heterocycles. The molecule has 0 aliphatic rings. The molecule has 0 aliphatic carbocycles. The Labute approximate surface area is 174 Å². The second-order valence-electron chi connectivity index (χ2n) is 5.42. The van der Waals surface area contributed by atoms with Crippen LogP contribution in [0.25, 0.3) is 0 Å². The minimum atomic E-state index is -0.195. The molecule has 27 heavy (non-hydrogen) atoms. The molecule has 138 valence electrons. The number of ether oxygens (including phenoxy) is 1. The molecule has 1 aromatic heterocycles. The summed E-state index contributed by atoms with van der Waals surface area (Å²) in [5, 5.41) is 6.60. The number of hydrogen-bond acceptors (Lipinski definition) is 4. The number of carbonyl (C=O) groups is 1. The van der Waals surface area contributed by atoms with Crippen molar-refractivity contribution >= 4 is 56.4 Å². The molecule has 0 radical (unpaired) electrons. The summed E-state index contributed by atoms with van der Waals surface area (Å²) in [4.78, 5) is 16.3. The van der Waals surface area contributed by atoms with Crippen LogP contribution in [0.2, 0.25) is 10.0 Å². The third-order valence-corrected chi connectivity index (χ3v) is 4.62. The number of hydrogen-bond donors (Lipinski definition) is 2. The van der Waals surface area contributed by atoms with Gasteiger partial charge in [-0.2, -0.15) is 0 Å². The molecule has 3 rings (SSSR count). The first-order valence-corrected chi connectivity index (χ1v) is 9.44. The van der Waals surface area contributed by atoms with E-state index in [-0.39, 0.29) is 18.3 Å². The van der Waals surface area contributed by atoms with Gasteiger partial charge in [-0.3, -0.25) is 4.79 Å². The fourth-order valence-corrected chi connectivity index (χ4v) is 3.02. The van der Waals surface area contributed by atoms with E-state index in [4.69, 9.17) is 27.9 Å². The molecule has 0 unspecified atom stereocenters. The Bertz CT molecular complexity index is 969. The standard InChI is InChI=1S/C19H14BrCl2N3O2/c20-13-5-1-2-6-15(13)25-18(26)11-23-16-7-3-4-8-17(16)27-19-14(22)9-12(21)10-24-19/h1-10,23H,11H2,(H,25,26). The second-order valence-corrected chi connectivity index (χ2v) is 7.12. The van der Waals surface area contributed by atoms with Crippen molar-refractivity contribution in [3.8, 4) is 11.6 Å². The molecule has 0 spiro atoms. The van der Waals surface area contributed by atoms with Crippen LogP contribution in [0.5, 0.6) is 11.6 Å². The minimum absolute atomic E-state index is 0.0590. The number of pyridine rings is 1. The SMILES string of the molecule is O=C(CNc1ccccc1Oc1ncc(Cl)cc1Cl)Nc1ccccc1Br. The van der Waals surface area contributed by atoms with Crippen LogP contribution in [-0.2, 0) is 4.79 Å². The van der Waals surface area contributed by atoms with E-state index in [0.29, 0.717) is 27.2 Å². The van der Waals surface area contributed by atoms with Gasteiger partial charge in [0.25, 0.3) is 0 Å². The van der Waals surface area contributed by atoms with Crippen molar-refractivity contribution in [2.75, 3.05) is 17.2 Å². The lowest BCUT2D eigenvalue weighted by Crippen LogP contribution is -2.22. The van der Waals surface area contributed by atoms with Gasteiger partial charge in [0.1, 0.15) is 5.02 Å². The predicted molar refractivity (Wildman–Crippen MR) is 112 cm³/mol. The van der Waals surface area contributed by atoms with E-state index in [9.17, 15) is 4.79 Å². The fraction of sp³-hybridized carbons (Fsp3) is 0.0526. The third kappa shape index (κ3) is 5.35. The van der Waals surface area contributed by atoms with E-state index >= 15 is 0 Å². The van der Waals surface area contributed by atoms with Gasteiger partial charge in [0.2, 0.25) is 11.8 Å². The Morgan fingerprint density at radius 2 is 1.78 bits per heavy atom. The number of aromatic nitrogens is 1. The van der Waals surface area contributed by atoms with Crippen LogP contribution >= 0.6 is 39.1 Å². The van der Waals surface area contributed by atoms with Gasteiger partial charge in [-0.15, -0.1) is 0 Å². The van der Waals surface area contributed by atoms with Crippen molar-refractivity contribution < 1.29 is 9.53 Å². The lowest BCUT2D eigenvalue weighted by molar-refractivity contribution is -0.114. The molecule has 3 aromatic rings. The molecule has 2 N–H and O–H groups in total. The van der Waals surface area contributed by atoms with Gasteiger partial charge in [-0.25, -0.2) is 4.98 Å². The van der Waals surface area contributed by atoms with Crippen LogP contribution < -0.4 is 15.4 Å². The number of nitrogens with one attached hydrogen (secondary N) is 2. The summed E-state index contributed by atoms with van der Waals surface area (Å²) in [5.74, 6) is 0.523. The highest BCUT2D eigenvalue weighted by atomic mass is 79.9. The van der Waals surface area contributed by atoms with Gasteiger partial charge in [-0.1, -0.05) is 47.5 Å². The lowest BCUT2D eigenvalue weighted by atomic mass is 10.3. The van der Waals surface area contributed by atoms with Crippen molar-refractivity contribution in [3.05, 3.63) is 75.3 Å². The molecule has 2 aromatic carbocycles. The minimum Gasteiger partial charge on any atom is -0.435 e. The molecular formula is C19H14BrCl2N3O2. The zero-order chi connectivity index (χ0) is 19.2. The molecule has 0 fully saturated rings. The van der Waals surface area contributed by atoms with Gasteiger partial charge in [0, 0.05) is 10.7 Å². The van der Waals surface area contributed by atoms with Crippen LogP contribution in [0.15, 0.2) is 65.3 Å². The smallest absolute Gasteiger partial charge is 0.243 e. The number of halogens is 3. The number of carbonyl (C=O) groups excluding carboxylic acids is 1. The number of amides is 1. The van der Waals surface area contributed by atoms with E-state index in [1.54, 1.807) is 18.2 Å². The van der Waals surface area contributed by atoms with Crippen LogP contribution in [0.3, 0.4) is 0 Å². The quantitative estimate of drug-likeness (QED) is 0.468. The van der Waals surface area contributed by atoms with E-state index in [0.717, 1.165) is 4.47 Å². The van der Waals surface area contributed by atoms with Crippen molar-refractivity contribution in [2.24, 2.45) is 0 Å². The number of nitrogens with zero attached hydrogens (tertiary/aromatic N) is 1. The lowest BCUT2D eigenvalue weighted by Gasteiger charge is -2.13. The Hall–Kier alpha value is -2.28. The second kappa shape index (κ2) is 9.08. The third-order valence-electron chi connectivity index (χ3n) is 3.46. The fourth-order valence-electron chi connectivity index (χ4n) is 2.22. The molecule has 0 saturated carbocycles. The molecule has 0 aliphatic heterocycles. The summed E-state index contributed by atoms with van der Waals surface area (Å²) in [7, 11) is 0. The molecule has 5 nitrogen and oxygen atoms in total. The summed E-state index contributed by atoms with van der Waals surface area (Å²) in [5.41, 5.74) is 1.33. The highest BCUT2D eigenvalue weighted by molar-refractivity contribution is 9.10. The first-order chi connectivity index (χ1) is 13.0. The molecular weight excluding hydrogens is 453 g/mol. The number of anilines is 2. The van der Waals surface area contributed by atoms with Gasteiger partial charge in [0.05, 0.1) is 22.9 Å². The Morgan fingerprint density at radius 3 is 2.52 bits per heavy atom. The largest absolute Gasteiger partial charge is 0.435 e. The molecule has 1 amide bonds. The van der Waals surface area contributed by atoms with Crippen LogP contribution in [-0.4, -0.2) is 17.4 Å². The maximum Gasteiger partial charge on any atom is 0.243 e. The monoisotopic (exact) mass is 465 g/mol. The molecule has 0 bridgehead atoms.